The molecule has 3 aromatic heterocycles. The van der Waals surface area contributed by atoms with Crippen LogP contribution in [0.3, 0.4) is 0 Å². The molecule has 0 saturated heterocycles. The van der Waals surface area contributed by atoms with E-state index in [1.165, 1.54) is 0 Å². The van der Waals surface area contributed by atoms with Crippen molar-refractivity contribution in [2.75, 3.05) is 0 Å². The maximum Gasteiger partial charge on any atom is 0.355 e. The Hall–Kier alpha value is -5.82. The molecule has 0 aliphatic carbocycles. The van der Waals surface area contributed by atoms with Crippen molar-refractivity contribution < 1.29 is 33.8 Å². The van der Waals surface area contributed by atoms with Gasteiger partial charge in [-0.3, -0.25) is 14.4 Å². The van der Waals surface area contributed by atoms with Gasteiger partial charge >= 0.3 is 17.9 Å². The number of ether oxygens (including phenoxy) is 2. The molecule has 0 saturated carbocycles. The molecule has 5 N–H and O–H groups in total. The number of para-hydroxylation sites is 2. The molecule has 13 nitrogen and oxygen atoms in total. The van der Waals surface area contributed by atoms with Crippen LogP contribution >= 0.6 is 0 Å². The first-order valence-corrected chi connectivity index (χ1v) is 16.0. The molecule has 2 aliphatic rings. The lowest BCUT2D eigenvalue weighted by atomic mass is 9.85. The normalized spacial score (nSPS) is 17.5. The van der Waals surface area contributed by atoms with Gasteiger partial charge in [0.05, 0.1) is 35.1 Å². The van der Waals surface area contributed by atoms with E-state index in [1.54, 1.807) is 23.8 Å². The number of hydrogen-bond acceptors (Lipinski definition) is 9. The molecular weight excluding hydrogens is 630 g/mol. The quantitative estimate of drug-likeness (QED) is 0.158. The van der Waals surface area contributed by atoms with E-state index in [4.69, 9.17) is 20.2 Å². The zero-order valence-corrected chi connectivity index (χ0v) is 26.5. The van der Waals surface area contributed by atoms with Crippen molar-refractivity contribution in [3.63, 3.8) is 0 Å². The van der Waals surface area contributed by atoms with E-state index in [0.717, 1.165) is 32.9 Å². The molecule has 7 rings (SSSR count). The number of aliphatic carboxylic acids is 1. The number of pyridine rings is 2. The van der Waals surface area contributed by atoms with Crippen molar-refractivity contribution in [3.8, 4) is 11.4 Å². The highest BCUT2D eigenvalue weighted by Crippen LogP contribution is 2.41. The zero-order chi connectivity index (χ0) is 34.4. The van der Waals surface area contributed by atoms with Crippen molar-refractivity contribution in [2.24, 2.45) is 5.73 Å². The largest absolute Gasteiger partial charge is 0.480 e. The third kappa shape index (κ3) is 5.51. The molecule has 49 heavy (non-hydrogen) atoms. The zero-order valence-electron chi connectivity index (χ0n) is 26.5. The van der Waals surface area contributed by atoms with Crippen molar-refractivity contribution in [2.45, 2.75) is 63.4 Å². The van der Waals surface area contributed by atoms with E-state index in [0.29, 0.717) is 11.4 Å². The number of H-pyrrole nitrogens is 1. The molecule has 5 aromatic rings. The maximum atomic E-state index is 13.8. The second-order valence-electron chi connectivity index (χ2n) is 12.3. The Morgan fingerprint density at radius 3 is 2.71 bits per heavy atom. The third-order valence-electron chi connectivity index (χ3n) is 9.38. The van der Waals surface area contributed by atoms with Crippen molar-refractivity contribution in [1.29, 1.82) is 0 Å². The number of amides is 1. The molecule has 0 bridgehead atoms. The number of aromatic nitrogens is 3. The summed E-state index contributed by atoms with van der Waals surface area (Å²) in [6.07, 6.45) is 1.07. The maximum absolute atomic E-state index is 13.8. The fraction of sp³-hybridized carbons (Fsp3) is 0.278. The number of carboxylic acids is 1. The SMILES string of the molecule is CC[C@@]1(OC(=O)CC[C@H](NC(=O)[C@@H](N)Cc2c[nH]c3ccccc23)C(=O)O)C(=O)OCc2c1cc1n(c2=O)Cc2cc3ccccc3nc2-1. The van der Waals surface area contributed by atoms with Gasteiger partial charge in [-0.05, 0) is 49.1 Å². The number of carbonyl (C=O) groups excluding carboxylic acids is 3. The standard InChI is InChI=1S/C36H33N5O8/c1-2-36(49-30(42)12-11-28(34(45)46)40-32(43)25(37)14-20-16-38-27-10-6-4-8-22(20)27)24-15-29-31-21(13-19-7-3-5-9-26(19)39-31)17-41(29)33(44)23(24)18-48-35(36)47/h3-10,13,15-16,25,28,38H,2,11-12,14,17-18,37H2,1H3,(H,40,43)(H,45,46)/t25-,28-,36-/m0/s1. The number of hydrogen-bond donors (Lipinski definition) is 4. The summed E-state index contributed by atoms with van der Waals surface area (Å²) in [5.41, 5.74) is 8.57. The lowest BCUT2D eigenvalue weighted by Gasteiger charge is -2.35. The van der Waals surface area contributed by atoms with Crippen LogP contribution in [-0.2, 0) is 53.8 Å². The predicted molar refractivity (Wildman–Crippen MR) is 177 cm³/mol. The summed E-state index contributed by atoms with van der Waals surface area (Å²) in [6, 6.07) is 16.2. The van der Waals surface area contributed by atoms with Crippen LogP contribution in [0.5, 0.6) is 0 Å². The smallest absolute Gasteiger partial charge is 0.355 e. The number of fused-ring (bicyclic) bond motifs is 6. The second kappa shape index (κ2) is 12.3. The van der Waals surface area contributed by atoms with Gasteiger partial charge in [0.25, 0.3) is 5.56 Å². The van der Waals surface area contributed by atoms with Gasteiger partial charge in [-0.15, -0.1) is 0 Å². The highest BCUT2D eigenvalue weighted by Gasteiger charge is 2.50. The first-order chi connectivity index (χ1) is 23.6. The summed E-state index contributed by atoms with van der Waals surface area (Å²) < 4.78 is 12.8. The monoisotopic (exact) mass is 663 g/mol. The summed E-state index contributed by atoms with van der Waals surface area (Å²) in [7, 11) is 0. The van der Waals surface area contributed by atoms with Crippen LogP contribution in [0.25, 0.3) is 33.2 Å². The molecule has 0 fully saturated rings. The Morgan fingerprint density at radius 1 is 1.14 bits per heavy atom. The number of aromatic amines is 1. The molecule has 3 atom stereocenters. The Bertz CT molecular complexity index is 2240. The van der Waals surface area contributed by atoms with Crippen LogP contribution in [0.15, 0.2) is 71.7 Å². The van der Waals surface area contributed by atoms with Crippen LogP contribution in [0.2, 0.25) is 0 Å². The average Bonchev–Trinajstić information content (AvgIpc) is 3.67. The van der Waals surface area contributed by atoms with E-state index in [2.05, 4.69) is 10.3 Å². The second-order valence-corrected chi connectivity index (χ2v) is 12.3. The minimum absolute atomic E-state index is 0.0484. The third-order valence-corrected chi connectivity index (χ3v) is 9.38. The summed E-state index contributed by atoms with van der Waals surface area (Å²) in [6.45, 7) is 1.63. The predicted octanol–water partition coefficient (Wildman–Crippen LogP) is 3.03. The van der Waals surface area contributed by atoms with Crippen molar-refractivity contribution in [3.05, 3.63) is 99.5 Å². The van der Waals surface area contributed by atoms with E-state index < -0.39 is 47.9 Å². The van der Waals surface area contributed by atoms with Crippen LogP contribution in [0, 0.1) is 0 Å². The summed E-state index contributed by atoms with van der Waals surface area (Å²) in [5, 5.41) is 14.1. The van der Waals surface area contributed by atoms with Crippen LogP contribution in [0.1, 0.15) is 48.4 Å². The molecule has 0 radical (unpaired) electrons. The first-order valence-electron chi connectivity index (χ1n) is 16.0. The first kappa shape index (κ1) is 31.8. The Morgan fingerprint density at radius 2 is 1.92 bits per heavy atom. The highest BCUT2D eigenvalue weighted by molar-refractivity contribution is 5.90. The topological polar surface area (TPSA) is 196 Å². The van der Waals surface area contributed by atoms with E-state index in [1.807, 2.05) is 54.6 Å². The van der Waals surface area contributed by atoms with Crippen molar-refractivity contribution in [1.82, 2.24) is 19.9 Å². The van der Waals surface area contributed by atoms with Crippen LogP contribution < -0.4 is 16.6 Å². The fourth-order valence-corrected chi connectivity index (χ4v) is 6.76. The van der Waals surface area contributed by atoms with Crippen LogP contribution in [-0.4, -0.2) is 55.5 Å². The lowest BCUT2D eigenvalue weighted by molar-refractivity contribution is -0.189. The minimum atomic E-state index is -1.94. The van der Waals surface area contributed by atoms with Gasteiger partial charge in [0.15, 0.2) is 0 Å². The Labute approximate surface area is 279 Å². The van der Waals surface area contributed by atoms with E-state index in [9.17, 15) is 29.1 Å². The summed E-state index contributed by atoms with van der Waals surface area (Å²) in [4.78, 5) is 73.4. The molecule has 2 aliphatic heterocycles. The molecule has 1 amide bonds. The van der Waals surface area contributed by atoms with Gasteiger partial charge in [0.1, 0.15) is 12.6 Å². The number of rotatable bonds is 10. The number of esters is 2. The van der Waals surface area contributed by atoms with Gasteiger partial charge in [-0.25, -0.2) is 14.6 Å². The van der Waals surface area contributed by atoms with Gasteiger partial charge < -0.3 is 35.2 Å². The number of benzene rings is 2. The van der Waals surface area contributed by atoms with E-state index in [-0.39, 0.29) is 49.1 Å². The molecule has 5 heterocycles. The molecular formula is C36H33N5O8. The number of cyclic esters (lactones) is 1. The van der Waals surface area contributed by atoms with E-state index >= 15 is 0 Å². The van der Waals surface area contributed by atoms with Gasteiger partial charge in [-0.1, -0.05) is 43.3 Å². The minimum Gasteiger partial charge on any atom is -0.480 e. The average molecular weight is 664 g/mol. The van der Waals surface area contributed by atoms with Crippen molar-refractivity contribution >= 4 is 45.6 Å². The van der Waals surface area contributed by atoms with Crippen LogP contribution in [0.4, 0.5) is 0 Å². The van der Waals surface area contributed by atoms with Gasteiger partial charge in [0.2, 0.25) is 11.5 Å². The molecule has 0 unspecified atom stereocenters. The molecule has 0 spiro atoms. The lowest BCUT2D eigenvalue weighted by Crippen LogP contribution is -2.50. The Kier molecular flexibility index (Phi) is 7.99. The summed E-state index contributed by atoms with van der Waals surface area (Å²) >= 11 is 0. The van der Waals surface area contributed by atoms with Gasteiger partial charge in [-0.2, -0.15) is 0 Å². The fourth-order valence-electron chi connectivity index (χ4n) is 6.76. The highest BCUT2D eigenvalue weighted by atomic mass is 16.6. The molecule has 2 aromatic carbocycles. The number of nitrogens with zero attached hydrogens (tertiary/aromatic N) is 2. The Balaban J connectivity index is 1.09. The molecule has 250 valence electrons. The number of carbonyl (C=O) groups is 4. The van der Waals surface area contributed by atoms with Gasteiger partial charge in [0, 0.05) is 40.0 Å². The number of nitrogens with one attached hydrogen (secondary N) is 2. The number of nitrogens with two attached hydrogens (primary N) is 1. The summed E-state index contributed by atoms with van der Waals surface area (Å²) in [5.74, 6) is -3.80. The molecule has 13 heteroatoms. The number of carboxylic acid groups (broad SMARTS) is 1.